The van der Waals surface area contributed by atoms with Gasteiger partial charge in [-0.15, -0.1) is 13.2 Å². The minimum absolute atomic E-state index is 0.0611. The lowest BCUT2D eigenvalue weighted by atomic mass is 9.93. The number of rotatable bonds is 5. The van der Waals surface area contributed by atoms with E-state index >= 15 is 0 Å². The first kappa shape index (κ1) is 20.6. The molecule has 0 unspecified atom stereocenters. The van der Waals surface area contributed by atoms with Crippen LogP contribution in [0.15, 0.2) is 30.5 Å². The van der Waals surface area contributed by atoms with E-state index in [4.69, 9.17) is 5.73 Å². The van der Waals surface area contributed by atoms with Gasteiger partial charge in [0.05, 0.1) is 17.1 Å². The van der Waals surface area contributed by atoms with Crippen LogP contribution in [-0.4, -0.2) is 32.0 Å². The number of para-hydroxylation sites is 2. The molecule has 0 atom stereocenters. The lowest BCUT2D eigenvalue weighted by Gasteiger charge is -2.20. The molecule has 0 bridgehead atoms. The number of halogens is 3. The molecular weight excluding hydrogens is 413 g/mol. The molecule has 3 aromatic rings. The van der Waals surface area contributed by atoms with Gasteiger partial charge in [-0.2, -0.15) is 5.10 Å². The maximum absolute atomic E-state index is 12.7. The minimum atomic E-state index is -4.84. The summed E-state index contributed by atoms with van der Waals surface area (Å²) in [5.74, 6) is -0.938. The first-order valence-corrected chi connectivity index (χ1v) is 9.53. The monoisotopic (exact) mass is 432 g/mol. The predicted octanol–water partition coefficient (Wildman–Crippen LogP) is 3.76. The van der Waals surface area contributed by atoms with Gasteiger partial charge in [0.1, 0.15) is 0 Å². The second-order valence-corrected chi connectivity index (χ2v) is 7.31. The molecule has 3 N–H and O–H groups in total. The SMILES string of the molecule is CC(C)n1nc(C(N)=O)c2c1-c1nc(Nc3ccccc3OC(F)(F)F)ncc1CC2. The minimum Gasteiger partial charge on any atom is -0.404 e. The molecule has 2 aromatic heterocycles. The van der Waals surface area contributed by atoms with E-state index in [9.17, 15) is 18.0 Å². The summed E-state index contributed by atoms with van der Waals surface area (Å²) in [6.45, 7) is 3.83. The van der Waals surface area contributed by atoms with Crippen molar-refractivity contribution in [2.75, 3.05) is 5.32 Å². The molecule has 0 spiro atoms. The highest BCUT2D eigenvalue weighted by Crippen LogP contribution is 2.37. The molecule has 0 aliphatic heterocycles. The number of aromatic nitrogens is 4. The Bertz CT molecular complexity index is 1160. The third kappa shape index (κ3) is 4.03. The van der Waals surface area contributed by atoms with Gasteiger partial charge >= 0.3 is 6.36 Å². The van der Waals surface area contributed by atoms with Crippen molar-refractivity contribution in [3.63, 3.8) is 0 Å². The Hall–Kier alpha value is -3.63. The van der Waals surface area contributed by atoms with E-state index in [0.29, 0.717) is 29.8 Å². The Morgan fingerprint density at radius 3 is 2.68 bits per heavy atom. The largest absolute Gasteiger partial charge is 0.573 e. The van der Waals surface area contributed by atoms with Gasteiger partial charge in [0, 0.05) is 17.8 Å². The summed E-state index contributed by atoms with van der Waals surface area (Å²) in [6, 6.07) is 5.55. The fourth-order valence-corrected chi connectivity index (χ4v) is 3.55. The third-order valence-electron chi connectivity index (χ3n) is 4.82. The van der Waals surface area contributed by atoms with Crippen molar-refractivity contribution in [1.82, 2.24) is 19.7 Å². The van der Waals surface area contributed by atoms with Crippen molar-refractivity contribution in [1.29, 1.82) is 0 Å². The van der Waals surface area contributed by atoms with E-state index in [1.807, 2.05) is 13.8 Å². The van der Waals surface area contributed by atoms with Crippen molar-refractivity contribution in [2.24, 2.45) is 5.73 Å². The molecule has 31 heavy (non-hydrogen) atoms. The molecule has 0 radical (unpaired) electrons. The van der Waals surface area contributed by atoms with E-state index in [2.05, 4.69) is 25.1 Å². The van der Waals surface area contributed by atoms with Gasteiger partial charge in [0.2, 0.25) is 5.95 Å². The number of amides is 1. The molecule has 1 amide bonds. The number of benzene rings is 1. The van der Waals surface area contributed by atoms with Gasteiger partial charge in [-0.25, -0.2) is 9.97 Å². The Morgan fingerprint density at radius 2 is 2.00 bits per heavy atom. The summed E-state index contributed by atoms with van der Waals surface area (Å²) in [5, 5.41) is 7.16. The van der Waals surface area contributed by atoms with Crippen LogP contribution < -0.4 is 15.8 Å². The molecule has 1 aliphatic carbocycles. The number of primary amides is 1. The van der Waals surface area contributed by atoms with Crippen LogP contribution in [0.2, 0.25) is 0 Å². The molecule has 0 fully saturated rings. The van der Waals surface area contributed by atoms with Crippen LogP contribution in [0.1, 0.15) is 41.5 Å². The number of hydrogen-bond donors (Lipinski definition) is 2. The zero-order valence-corrected chi connectivity index (χ0v) is 16.7. The number of hydrogen-bond acceptors (Lipinski definition) is 6. The maximum Gasteiger partial charge on any atom is 0.573 e. The topological polar surface area (TPSA) is 108 Å². The molecule has 0 saturated heterocycles. The number of nitrogens with two attached hydrogens (primary N) is 1. The number of ether oxygens (including phenoxy) is 1. The van der Waals surface area contributed by atoms with Crippen molar-refractivity contribution in [3.8, 4) is 17.1 Å². The number of fused-ring (bicyclic) bond motifs is 3. The molecule has 8 nitrogen and oxygen atoms in total. The van der Waals surface area contributed by atoms with E-state index < -0.39 is 18.0 Å². The normalized spacial score (nSPS) is 13.0. The first-order chi connectivity index (χ1) is 14.6. The number of carbonyl (C=O) groups is 1. The molecule has 11 heteroatoms. The Kier molecular flexibility index (Phi) is 5.03. The molecule has 2 heterocycles. The highest BCUT2D eigenvalue weighted by molar-refractivity contribution is 5.94. The van der Waals surface area contributed by atoms with Crippen molar-refractivity contribution in [2.45, 2.75) is 39.1 Å². The lowest BCUT2D eigenvalue weighted by molar-refractivity contribution is -0.274. The second-order valence-electron chi connectivity index (χ2n) is 7.31. The number of nitrogens with one attached hydrogen (secondary N) is 1. The van der Waals surface area contributed by atoms with Crippen molar-refractivity contribution < 1.29 is 22.7 Å². The van der Waals surface area contributed by atoms with E-state index in [-0.39, 0.29) is 23.4 Å². The fraction of sp³-hybridized carbons (Fsp3) is 0.300. The van der Waals surface area contributed by atoms with Gasteiger partial charge in [-0.05, 0) is 44.4 Å². The summed E-state index contributed by atoms with van der Waals surface area (Å²) in [5.41, 5.74) is 8.54. The van der Waals surface area contributed by atoms with Crippen LogP contribution in [0.5, 0.6) is 5.75 Å². The molecule has 1 aliphatic rings. The summed E-state index contributed by atoms with van der Waals surface area (Å²) in [4.78, 5) is 20.6. The molecule has 1 aromatic carbocycles. The standard InChI is InChI=1S/C20H19F3N6O2/c1-10(2)29-17-12(16(28-29)18(24)30)8-7-11-9-25-19(27-15(11)17)26-13-5-3-4-6-14(13)31-20(21,22)23/h3-6,9-10H,7-8H2,1-2H3,(H2,24,30)(H,25,26,27). The summed E-state index contributed by atoms with van der Waals surface area (Å²) in [6.07, 6.45) is -2.08. The number of alkyl halides is 3. The third-order valence-corrected chi connectivity index (χ3v) is 4.82. The van der Waals surface area contributed by atoms with E-state index in [0.717, 1.165) is 5.56 Å². The number of nitrogens with zero attached hydrogens (tertiary/aromatic N) is 4. The van der Waals surface area contributed by atoms with Crippen LogP contribution >= 0.6 is 0 Å². The average Bonchev–Trinajstić information content (AvgIpc) is 3.09. The van der Waals surface area contributed by atoms with Crippen LogP contribution in [0.25, 0.3) is 11.4 Å². The lowest BCUT2D eigenvalue weighted by Crippen LogP contribution is -2.18. The number of anilines is 2. The molecule has 4 rings (SSSR count). The molecular formula is C20H19F3N6O2. The fourth-order valence-electron chi connectivity index (χ4n) is 3.55. The zero-order chi connectivity index (χ0) is 22.3. The van der Waals surface area contributed by atoms with Gasteiger partial charge in [-0.3, -0.25) is 9.48 Å². The predicted molar refractivity (Wildman–Crippen MR) is 106 cm³/mol. The maximum atomic E-state index is 12.7. The van der Waals surface area contributed by atoms with Crippen LogP contribution in [0.4, 0.5) is 24.8 Å². The number of aryl methyl sites for hydroxylation is 1. The molecule has 162 valence electrons. The van der Waals surface area contributed by atoms with Crippen LogP contribution in [0.3, 0.4) is 0 Å². The van der Waals surface area contributed by atoms with E-state index in [1.165, 1.54) is 18.2 Å². The van der Waals surface area contributed by atoms with E-state index in [1.54, 1.807) is 16.9 Å². The summed E-state index contributed by atoms with van der Waals surface area (Å²) >= 11 is 0. The van der Waals surface area contributed by atoms with Crippen molar-refractivity contribution in [3.05, 3.63) is 47.3 Å². The average molecular weight is 432 g/mol. The van der Waals surface area contributed by atoms with Gasteiger partial charge in [0.15, 0.2) is 11.4 Å². The smallest absolute Gasteiger partial charge is 0.404 e. The first-order valence-electron chi connectivity index (χ1n) is 9.53. The summed E-state index contributed by atoms with van der Waals surface area (Å²) < 4.78 is 43.9. The Morgan fingerprint density at radius 1 is 1.26 bits per heavy atom. The molecule has 0 saturated carbocycles. The van der Waals surface area contributed by atoms with Gasteiger partial charge in [-0.1, -0.05) is 12.1 Å². The van der Waals surface area contributed by atoms with Gasteiger partial charge < -0.3 is 15.8 Å². The summed E-state index contributed by atoms with van der Waals surface area (Å²) in [7, 11) is 0. The Labute approximate surface area is 175 Å². The second kappa shape index (κ2) is 7.56. The highest BCUT2D eigenvalue weighted by atomic mass is 19.4. The van der Waals surface area contributed by atoms with Gasteiger partial charge in [0.25, 0.3) is 5.91 Å². The Balaban J connectivity index is 1.76. The van der Waals surface area contributed by atoms with Crippen molar-refractivity contribution >= 4 is 17.5 Å². The zero-order valence-electron chi connectivity index (χ0n) is 16.7. The van der Waals surface area contributed by atoms with Crippen LogP contribution in [-0.2, 0) is 12.8 Å². The van der Waals surface area contributed by atoms with Crippen LogP contribution in [0, 0.1) is 0 Å². The highest BCUT2D eigenvalue weighted by Gasteiger charge is 2.33. The quantitative estimate of drug-likeness (QED) is 0.636. The number of carbonyl (C=O) groups excluding carboxylic acids is 1.